The number of benzene rings is 1. The van der Waals surface area contributed by atoms with Gasteiger partial charge in [-0.05, 0) is 49.6 Å². The molecule has 0 bridgehead atoms. The summed E-state index contributed by atoms with van der Waals surface area (Å²) < 4.78 is 27.4. The molecule has 28 heavy (non-hydrogen) atoms. The number of anilines is 4. The van der Waals surface area contributed by atoms with E-state index in [0.29, 0.717) is 17.2 Å². The van der Waals surface area contributed by atoms with Crippen molar-refractivity contribution < 1.29 is 8.78 Å². The third-order valence-corrected chi connectivity index (χ3v) is 4.88. The summed E-state index contributed by atoms with van der Waals surface area (Å²) in [7, 11) is 0. The quantitative estimate of drug-likeness (QED) is 0.683. The second-order valence-electron chi connectivity index (χ2n) is 6.82. The van der Waals surface area contributed by atoms with Crippen LogP contribution in [0.25, 0.3) is 11.3 Å². The summed E-state index contributed by atoms with van der Waals surface area (Å²) >= 11 is 0. The van der Waals surface area contributed by atoms with E-state index in [2.05, 4.69) is 20.2 Å². The molecule has 0 aliphatic carbocycles. The fourth-order valence-corrected chi connectivity index (χ4v) is 3.44. The number of nitrogens with two attached hydrogens (primary N) is 1. The van der Waals surface area contributed by atoms with Crippen molar-refractivity contribution in [2.75, 3.05) is 29.0 Å². The molecule has 3 heterocycles. The SMILES string of the molecule is Nc1ccc(-c2ccc(F)cc2F)nc1Nc1cnccc1N1CCCCC1. The number of nitrogens with one attached hydrogen (secondary N) is 1. The Bertz CT molecular complexity index is 986. The molecule has 4 rings (SSSR count). The fourth-order valence-electron chi connectivity index (χ4n) is 3.44. The normalized spacial score (nSPS) is 14.1. The average Bonchev–Trinajstić information content (AvgIpc) is 2.71. The van der Waals surface area contributed by atoms with Gasteiger partial charge in [-0.3, -0.25) is 4.98 Å². The second kappa shape index (κ2) is 7.80. The lowest BCUT2D eigenvalue weighted by Crippen LogP contribution is -2.30. The van der Waals surface area contributed by atoms with Crippen molar-refractivity contribution in [3.63, 3.8) is 0 Å². The highest BCUT2D eigenvalue weighted by molar-refractivity contribution is 5.79. The Morgan fingerprint density at radius 1 is 1.00 bits per heavy atom. The Balaban J connectivity index is 1.67. The van der Waals surface area contributed by atoms with Crippen LogP contribution in [0, 0.1) is 11.6 Å². The third-order valence-electron chi connectivity index (χ3n) is 4.88. The van der Waals surface area contributed by atoms with Crippen molar-refractivity contribution in [3.8, 4) is 11.3 Å². The monoisotopic (exact) mass is 381 g/mol. The van der Waals surface area contributed by atoms with Crippen LogP contribution in [0.2, 0.25) is 0 Å². The first kappa shape index (κ1) is 18.2. The van der Waals surface area contributed by atoms with E-state index in [9.17, 15) is 8.78 Å². The molecule has 0 spiro atoms. The van der Waals surface area contributed by atoms with Crippen LogP contribution in [0.15, 0.2) is 48.8 Å². The Labute approximate surface area is 162 Å². The molecule has 5 nitrogen and oxygen atoms in total. The number of piperidine rings is 1. The summed E-state index contributed by atoms with van der Waals surface area (Å²) in [5, 5.41) is 3.24. The van der Waals surface area contributed by atoms with Gasteiger partial charge in [-0.1, -0.05) is 0 Å². The van der Waals surface area contributed by atoms with Gasteiger partial charge >= 0.3 is 0 Å². The van der Waals surface area contributed by atoms with E-state index >= 15 is 0 Å². The van der Waals surface area contributed by atoms with E-state index in [4.69, 9.17) is 5.73 Å². The zero-order chi connectivity index (χ0) is 19.5. The number of rotatable bonds is 4. The standard InChI is InChI=1S/C21H21F2N5/c22-14-4-5-15(16(23)12-14)18-7-6-17(24)21(26-18)27-19-13-25-9-8-20(19)28-10-2-1-3-11-28/h4-9,12-13H,1-3,10-11,24H2,(H,26,27). The van der Waals surface area contributed by atoms with Crippen LogP contribution in [-0.4, -0.2) is 23.1 Å². The third kappa shape index (κ3) is 3.74. The number of pyridine rings is 2. The fraction of sp³-hybridized carbons (Fsp3) is 0.238. The van der Waals surface area contributed by atoms with Crippen molar-refractivity contribution in [3.05, 3.63) is 60.4 Å². The van der Waals surface area contributed by atoms with E-state index < -0.39 is 11.6 Å². The van der Waals surface area contributed by atoms with Gasteiger partial charge in [0.05, 0.1) is 29.0 Å². The zero-order valence-electron chi connectivity index (χ0n) is 15.3. The van der Waals surface area contributed by atoms with Crippen LogP contribution in [-0.2, 0) is 0 Å². The van der Waals surface area contributed by atoms with E-state index in [0.717, 1.165) is 43.4 Å². The molecule has 2 aromatic heterocycles. The van der Waals surface area contributed by atoms with Gasteiger partial charge in [0.1, 0.15) is 11.6 Å². The summed E-state index contributed by atoms with van der Waals surface area (Å²) in [4.78, 5) is 11.0. The molecule has 1 aliphatic rings. The molecule has 3 aromatic rings. The molecule has 1 aromatic carbocycles. The largest absolute Gasteiger partial charge is 0.396 e. The lowest BCUT2D eigenvalue weighted by molar-refractivity contribution is 0.578. The Morgan fingerprint density at radius 2 is 1.82 bits per heavy atom. The van der Waals surface area contributed by atoms with Gasteiger partial charge in [-0.2, -0.15) is 0 Å². The Kier molecular flexibility index (Phi) is 5.06. The first-order valence-corrected chi connectivity index (χ1v) is 9.30. The molecule has 144 valence electrons. The van der Waals surface area contributed by atoms with Gasteiger partial charge in [-0.15, -0.1) is 0 Å². The lowest BCUT2D eigenvalue weighted by Gasteiger charge is -2.30. The summed E-state index contributed by atoms with van der Waals surface area (Å²) in [6.45, 7) is 1.98. The molecular weight excluding hydrogens is 360 g/mol. The van der Waals surface area contributed by atoms with E-state index in [1.54, 1.807) is 24.5 Å². The minimum Gasteiger partial charge on any atom is -0.396 e. The van der Waals surface area contributed by atoms with Gasteiger partial charge in [0.25, 0.3) is 0 Å². The predicted octanol–water partition coefficient (Wildman–Crippen LogP) is 4.74. The number of nitrogens with zero attached hydrogens (tertiary/aromatic N) is 3. The molecule has 7 heteroatoms. The van der Waals surface area contributed by atoms with Gasteiger partial charge in [0.15, 0.2) is 5.82 Å². The van der Waals surface area contributed by atoms with Gasteiger partial charge in [-0.25, -0.2) is 13.8 Å². The number of halogens is 2. The summed E-state index contributed by atoms with van der Waals surface area (Å²) in [5.41, 5.74) is 8.94. The van der Waals surface area contributed by atoms with Crippen molar-refractivity contribution >= 4 is 22.9 Å². The maximum Gasteiger partial charge on any atom is 0.154 e. The highest BCUT2D eigenvalue weighted by Gasteiger charge is 2.16. The molecule has 0 radical (unpaired) electrons. The maximum absolute atomic E-state index is 14.2. The topological polar surface area (TPSA) is 67.1 Å². The number of aromatic nitrogens is 2. The van der Waals surface area contributed by atoms with E-state index in [1.807, 2.05) is 6.07 Å². The Morgan fingerprint density at radius 3 is 2.61 bits per heavy atom. The van der Waals surface area contributed by atoms with Crippen LogP contribution < -0.4 is 16.0 Å². The molecule has 3 N–H and O–H groups in total. The van der Waals surface area contributed by atoms with Crippen LogP contribution in [0.5, 0.6) is 0 Å². The van der Waals surface area contributed by atoms with Gasteiger partial charge < -0.3 is 16.0 Å². The van der Waals surface area contributed by atoms with Gasteiger partial charge in [0, 0.05) is 30.9 Å². The summed E-state index contributed by atoms with van der Waals surface area (Å²) in [6, 6.07) is 8.66. The molecule has 0 saturated carbocycles. The predicted molar refractivity (Wildman–Crippen MR) is 108 cm³/mol. The molecule has 0 atom stereocenters. The van der Waals surface area contributed by atoms with Crippen LogP contribution in [0.4, 0.5) is 31.7 Å². The molecule has 1 fully saturated rings. The minimum atomic E-state index is -0.668. The highest BCUT2D eigenvalue weighted by Crippen LogP contribution is 2.32. The van der Waals surface area contributed by atoms with Crippen molar-refractivity contribution in [2.24, 2.45) is 0 Å². The lowest BCUT2D eigenvalue weighted by atomic mass is 10.1. The highest BCUT2D eigenvalue weighted by atomic mass is 19.1. The van der Waals surface area contributed by atoms with Crippen LogP contribution in [0.3, 0.4) is 0 Å². The van der Waals surface area contributed by atoms with E-state index in [-0.39, 0.29) is 5.56 Å². The summed E-state index contributed by atoms with van der Waals surface area (Å²) in [5.74, 6) is -0.886. The second-order valence-corrected chi connectivity index (χ2v) is 6.82. The molecule has 0 unspecified atom stereocenters. The first-order chi connectivity index (χ1) is 13.6. The smallest absolute Gasteiger partial charge is 0.154 e. The average molecular weight is 381 g/mol. The van der Waals surface area contributed by atoms with Gasteiger partial charge in [0.2, 0.25) is 0 Å². The molecular formula is C21H21F2N5. The number of hydrogen-bond donors (Lipinski definition) is 2. The van der Waals surface area contributed by atoms with Crippen molar-refractivity contribution in [1.82, 2.24) is 9.97 Å². The van der Waals surface area contributed by atoms with Crippen LogP contribution >= 0.6 is 0 Å². The number of hydrogen-bond acceptors (Lipinski definition) is 5. The zero-order valence-corrected chi connectivity index (χ0v) is 15.3. The first-order valence-electron chi connectivity index (χ1n) is 9.30. The Hall–Kier alpha value is -3.22. The minimum absolute atomic E-state index is 0.215. The molecule has 0 amide bonds. The number of nitrogen functional groups attached to an aromatic ring is 1. The van der Waals surface area contributed by atoms with Crippen molar-refractivity contribution in [2.45, 2.75) is 19.3 Å². The van der Waals surface area contributed by atoms with Crippen LogP contribution in [0.1, 0.15) is 19.3 Å². The molecule has 1 saturated heterocycles. The maximum atomic E-state index is 14.2. The summed E-state index contributed by atoms with van der Waals surface area (Å²) in [6.07, 6.45) is 7.04. The van der Waals surface area contributed by atoms with E-state index in [1.165, 1.54) is 18.6 Å². The molecule has 1 aliphatic heterocycles. The van der Waals surface area contributed by atoms with Crippen molar-refractivity contribution in [1.29, 1.82) is 0 Å².